The number of nitrogens with zero attached hydrogens (tertiary/aromatic N) is 1. The van der Waals surface area contributed by atoms with E-state index in [0.717, 1.165) is 12.1 Å². The van der Waals surface area contributed by atoms with E-state index in [2.05, 4.69) is 4.98 Å². The molecule has 21 heavy (non-hydrogen) atoms. The number of carbonyl (C=O) groups is 1. The van der Waals surface area contributed by atoms with Gasteiger partial charge in [0.25, 0.3) is 0 Å². The molecule has 0 saturated carbocycles. The maximum atomic E-state index is 13.0. The Morgan fingerprint density at radius 1 is 1.24 bits per heavy atom. The van der Waals surface area contributed by atoms with Gasteiger partial charge in [-0.1, -0.05) is 0 Å². The Bertz CT molecular complexity index is 649. The van der Waals surface area contributed by atoms with Crippen molar-refractivity contribution >= 4 is 12.0 Å². The smallest absolute Gasteiger partial charge is 0.328 e. The van der Waals surface area contributed by atoms with Crippen LogP contribution < -0.4 is 4.74 Å². The standard InChI is InChI=1S/C15H11F2NO3/c16-11-5-10(6-12(17)7-11)9-21-14-3-1-13(18-8-14)2-4-15(19)20/h1-8H,9H2,(H,19,20)/b4-2+. The molecule has 4 nitrogen and oxygen atoms in total. The van der Waals surface area contributed by atoms with Crippen molar-refractivity contribution in [3.05, 3.63) is 65.5 Å². The Labute approximate surface area is 119 Å². The first-order valence-corrected chi connectivity index (χ1v) is 5.98. The summed E-state index contributed by atoms with van der Waals surface area (Å²) in [7, 11) is 0. The first-order chi connectivity index (χ1) is 10.0. The molecule has 1 aromatic carbocycles. The van der Waals surface area contributed by atoms with Crippen molar-refractivity contribution in [2.45, 2.75) is 6.61 Å². The summed E-state index contributed by atoms with van der Waals surface area (Å²) < 4.78 is 31.3. The van der Waals surface area contributed by atoms with Gasteiger partial charge in [0, 0.05) is 12.1 Å². The fourth-order valence-corrected chi connectivity index (χ4v) is 1.59. The number of hydrogen-bond acceptors (Lipinski definition) is 3. The van der Waals surface area contributed by atoms with E-state index in [1.54, 1.807) is 12.1 Å². The molecule has 1 aromatic heterocycles. The van der Waals surface area contributed by atoms with Crippen molar-refractivity contribution in [1.82, 2.24) is 4.98 Å². The second-order valence-corrected chi connectivity index (χ2v) is 4.16. The van der Waals surface area contributed by atoms with E-state index in [0.29, 0.717) is 17.0 Å². The van der Waals surface area contributed by atoms with Crippen LogP contribution in [0.1, 0.15) is 11.3 Å². The van der Waals surface area contributed by atoms with Crippen LogP contribution in [0.5, 0.6) is 5.75 Å². The molecule has 1 heterocycles. The highest BCUT2D eigenvalue weighted by molar-refractivity contribution is 5.84. The van der Waals surface area contributed by atoms with Gasteiger partial charge in [-0.2, -0.15) is 0 Å². The van der Waals surface area contributed by atoms with Gasteiger partial charge in [0.1, 0.15) is 24.0 Å². The van der Waals surface area contributed by atoms with Gasteiger partial charge < -0.3 is 9.84 Å². The van der Waals surface area contributed by atoms with Crippen LogP contribution in [0.15, 0.2) is 42.6 Å². The van der Waals surface area contributed by atoms with E-state index in [1.807, 2.05) is 0 Å². The molecule has 6 heteroatoms. The van der Waals surface area contributed by atoms with E-state index in [1.165, 1.54) is 24.4 Å². The number of carboxylic acid groups (broad SMARTS) is 1. The van der Waals surface area contributed by atoms with Crippen LogP contribution in [0.4, 0.5) is 8.78 Å². The molecular weight excluding hydrogens is 280 g/mol. The van der Waals surface area contributed by atoms with Crippen molar-refractivity contribution in [1.29, 1.82) is 0 Å². The minimum atomic E-state index is -1.06. The molecule has 108 valence electrons. The second kappa shape index (κ2) is 6.60. The average Bonchev–Trinajstić information content (AvgIpc) is 2.43. The topological polar surface area (TPSA) is 59.4 Å². The van der Waals surface area contributed by atoms with Crippen LogP contribution in [-0.4, -0.2) is 16.1 Å². The fourth-order valence-electron chi connectivity index (χ4n) is 1.59. The van der Waals surface area contributed by atoms with Crippen LogP contribution >= 0.6 is 0 Å². The molecule has 2 rings (SSSR count). The van der Waals surface area contributed by atoms with Gasteiger partial charge in [0.05, 0.1) is 11.9 Å². The van der Waals surface area contributed by atoms with Gasteiger partial charge in [-0.05, 0) is 35.9 Å². The summed E-state index contributed by atoms with van der Waals surface area (Å²) >= 11 is 0. The van der Waals surface area contributed by atoms with Crippen LogP contribution in [-0.2, 0) is 11.4 Å². The molecule has 0 unspecified atom stereocenters. The van der Waals surface area contributed by atoms with Crippen LogP contribution in [0.25, 0.3) is 6.08 Å². The van der Waals surface area contributed by atoms with E-state index in [-0.39, 0.29) is 6.61 Å². The third-order valence-electron chi connectivity index (χ3n) is 2.48. The van der Waals surface area contributed by atoms with Crippen LogP contribution in [0.2, 0.25) is 0 Å². The van der Waals surface area contributed by atoms with Crippen LogP contribution in [0.3, 0.4) is 0 Å². The summed E-state index contributed by atoms with van der Waals surface area (Å²) in [4.78, 5) is 14.3. The molecule has 0 radical (unpaired) electrons. The van der Waals surface area contributed by atoms with Gasteiger partial charge in [0.2, 0.25) is 0 Å². The highest BCUT2D eigenvalue weighted by atomic mass is 19.1. The SMILES string of the molecule is O=C(O)/C=C/c1ccc(OCc2cc(F)cc(F)c2)cn1. The fraction of sp³-hybridized carbons (Fsp3) is 0.0667. The summed E-state index contributed by atoms with van der Waals surface area (Å²) in [5, 5.41) is 8.48. The van der Waals surface area contributed by atoms with Crippen molar-refractivity contribution in [2.24, 2.45) is 0 Å². The maximum Gasteiger partial charge on any atom is 0.328 e. The molecular formula is C15H11F2NO3. The molecule has 0 saturated heterocycles. The minimum Gasteiger partial charge on any atom is -0.487 e. The third kappa shape index (κ3) is 4.68. The van der Waals surface area contributed by atoms with E-state index in [9.17, 15) is 13.6 Å². The quantitative estimate of drug-likeness (QED) is 0.860. The molecule has 1 N–H and O–H groups in total. The molecule has 0 amide bonds. The molecule has 0 atom stereocenters. The van der Waals surface area contributed by atoms with Gasteiger partial charge in [-0.15, -0.1) is 0 Å². The number of aliphatic carboxylic acids is 1. The lowest BCUT2D eigenvalue weighted by molar-refractivity contribution is -0.131. The highest BCUT2D eigenvalue weighted by Gasteiger charge is 2.02. The predicted octanol–water partition coefficient (Wildman–Crippen LogP) is 3.04. The Kier molecular flexibility index (Phi) is 4.61. The molecule has 0 spiro atoms. The van der Waals surface area contributed by atoms with Gasteiger partial charge in [-0.25, -0.2) is 13.6 Å². The number of ether oxygens (including phenoxy) is 1. The number of carboxylic acids is 1. The molecule has 0 aliphatic carbocycles. The van der Waals surface area contributed by atoms with Gasteiger partial charge in [-0.3, -0.25) is 4.98 Å². The van der Waals surface area contributed by atoms with Crippen molar-refractivity contribution in [2.75, 3.05) is 0 Å². The van der Waals surface area contributed by atoms with Crippen molar-refractivity contribution < 1.29 is 23.4 Å². The largest absolute Gasteiger partial charge is 0.487 e. The first kappa shape index (κ1) is 14.6. The zero-order chi connectivity index (χ0) is 15.2. The lowest BCUT2D eigenvalue weighted by atomic mass is 10.2. The lowest BCUT2D eigenvalue weighted by Crippen LogP contribution is -1.97. The average molecular weight is 291 g/mol. The maximum absolute atomic E-state index is 13.0. The number of pyridine rings is 1. The number of rotatable bonds is 5. The summed E-state index contributed by atoms with van der Waals surface area (Å²) in [6.45, 7) is 0.000667. The number of halogens is 2. The number of hydrogen-bond donors (Lipinski definition) is 1. The molecule has 0 bridgehead atoms. The first-order valence-electron chi connectivity index (χ1n) is 5.98. The van der Waals surface area contributed by atoms with Crippen molar-refractivity contribution in [3.63, 3.8) is 0 Å². The Hall–Kier alpha value is -2.76. The van der Waals surface area contributed by atoms with E-state index < -0.39 is 17.6 Å². The Balaban J connectivity index is 1.99. The predicted molar refractivity (Wildman–Crippen MR) is 71.6 cm³/mol. The molecule has 0 aliphatic rings. The van der Waals surface area contributed by atoms with Gasteiger partial charge >= 0.3 is 5.97 Å². The van der Waals surface area contributed by atoms with Crippen molar-refractivity contribution in [3.8, 4) is 5.75 Å². The van der Waals surface area contributed by atoms with Crippen LogP contribution in [0, 0.1) is 11.6 Å². The lowest BCUT2D eigenvalue weighted by Gasteiger charge is -2.06. The molecule has 0 fully saturated rings. The third-order valence-corrected chi connectivity index (χ3v) is 2.48. The zero-order valence-electron chi connectivity index (χ0n) is 10.8. The Morgan fingerprint density at radius 3 is 2.52 bits per heavy atom. The summed E-state index contributed by atoms with van der Waals surface area (Å²) in [6.07, 6.45) is 3.71. The number of aromatic nitrogens is 1. The summed E-state index contributed by atoms with van der Waals surface area (Å²) in [5.41, 5.74) is 0.823. The molecule has 0 aliphatic heterocycles. The van der Waals surface area contributed by atoms with E-state index >= 15 is 0 Å². The normalized spacial score (nSPS) is 10.8. The Morgan fingerprint density at radius 2 is 1.95 bits per heavy atom. The van der Waals surface area contributed by atoms with Gasteiger partial charge in [0.15, 0.2) is 0 Å². The summed E-state index contributed by atoms with van der Waals surface area (Å²) in [5.74, 6) is -1.99. The second-order valence-electron chi connectivity index (χ2n) is 4.16. The molecule has 2 aromatic rings. The summed E-state index contributed by atoms with van der Waals surface area (Å²) in [6, 6.07) is 6.31. The monoisotopic (exact) mass is 291 g/mol. The minimum absolute atomic E-state index is 0.000667. The zero-order valence-corrected chi connectivity index (χ0v) is 10.8. The number of benzene rings is 1. The highest BCUT2D eigenvalue weighted by Crippen LogP contribution is 2.14. The van der Waals surface area contributed by atoms with E-state index in [4.69, 9.17) is 9.84 Å².